The molecule has 2 aromatic carbocycles. The van der Waals surface area contributed by atoms with Crippen molar-refractivity contribution in [3.8, 4) is 11.5 Å². The summed E-state index contributed by atoms with van der Waals surface area (Å²) >= 11 is 3.39. The van der Waals surface area contributed by atoms with E-state index in [2.05, 4.69) is 31.2 Å². The Labute approximate surface area is 147 Å². The van der Waals surface area contributed by atoms with Crippen LogP contribution in [0.2, 0.25) is 0 Å². The molecule has 3 rings (SSSR count). The minimum absolute atomic E-state index is 0.290. The molecular formula is C17H16BrN3O3. The number of rotatable bonds is 4. The van der Waals surface area contributed by atoms with Gasteiger partial charge in [0.1, 0.15) is 17.3 Å². The monoisotopic (exact) mass is 389 g/mol. The predicted octanol–water partition coefficient (Wildman–Crippen LogP) is 3.90. The van der Waals surface area contributed by atoms with Gasteiger partial charge in [0, 0.05) is 5.69 Å². The van der Waals surface area contributed by atoms with E-state index >= 15 is 0 Å². The second-order valence-corrected chi connectivity index (χ2v) is 6.05. The molecule has 1 aromatic heterocycles. The molecule has 0 atom stereocenters. The van der Waals surface area contributed by atoms with E-state index in [1.807, 2.05) is 25.1 Å². The maximum Gasteiger partial charge on any atom is 0.259 e. The van der Waals surface area contributed by atoms with Crippen LogP contribution in [0, 0.1) is 6.92 Å². The minimum Gasteiger partial charge on any atom is -0.497 e. The molecule has 0 unspecified atom stereocenters. The van der Waals surface area contributed by atoms with E-state index < -0.39 is 0 Å². The van der Waals surface area contributed by atoms with Crippen LogP contribution in [0.25, 0.3) is 11.0 Å². The van der Waals surface area contributed by atoms with Crippen LogP contribution in [-0.2, 0) is 0 Å². The smallest absolute Gasteiger partial charge is 0.259 e. The van der Waals surface area contributed by atoms with E-state index in [0.29, 0.717) is 27.2 Å². The average molecular weight is 390 g/mol. The highest BCUT2D eigenvalue weighted by Crippen LogP contribution is 2.34. The lowest BCUT2D eigenvalue weighted by Gasteiger charge is -2.13. The number of ether oxygens (including phenoxy) is 2. The third kappa shape index (κ3) is 3.07. The van der Waals surface area contributed by atoms with E-state index in [0.717, 1.165) is 16.9 Å². The SMILES string of the molecule is COc1cc(Br)c(OC)c(C(=O)Nc2ccc3nc(C)[nH]c3c2)c1. The Morgan fingerprint density at radius 1 is 1.21 bits per heavy atom. The van der Waals surface area contributed by atoms with Crippen molar-refractivity contribution in [2.75, 3.05) is 19.5 Å². The van der Waals surface area contributed by atoms with Crippen molar-refractivity contribution >= 4 is 38.6 Å². The van der Waals surface area contributed by atoms with Crippen LogP contribution in [0.15, 0.2) is 34.8 Å². The highest BCUT2D eigenvalue weighted by atomic mass is 79.9. The van der Waals surface area contributed by atoms with Gasteiger partial charge in [-0.3, -0.25) is 4.79 Å². The average Bonchev–Trinajstić information content (AvgIpc) is 2.93. The molecule has 6 nitrogen and oxygen atoms in total. The summed E-state index contributed by atoms with van der Waals surface area (Å²) in [5.74, 6) is 1.55. The lowest BCUT2D eigenvalue weighted by Crippen LogP contribution is -2.13. The second kappa shape index (κ2) is 6.52. The molecule has 0 saturated heterocycles. The van der Waals surface area contributed by atoms with Gasteiger partial charge in [0.05, 0.1) is 35.3 Å². The van der Waals surface area contributed by atoms with Gasteiger partial charge in [-0.2, -0.15) is 0 Å². The maximum atomic E-state index is 12.7. The van der Waals surface area contributed by atoms with E-state index in [1.165, 1.54) is 7.11 Å². The van der Waals surface area contributed by atoms with E-state index in [1.54, 1.807) is 19.2 Å². The number of nitrogens with zero attached hydrogens (tertiary/aromatic N) is 1. The highest BCUT2D eigenvalue weighted by molar-refractivity contribution is 9.10. The van der Waals surface area contributed by atoms with Gasteiger partial charge in [-0.05, 0) is 53.2 Å². The van der Waals surface area contributed by atoms with Gasteiger partial charge in [0.2, 0.25) is 0 Å². The summed E-state index contributed by atoms with van der Waals surface area (Å²) in [6.07, 6.45) is 0. The third-order valence-corrected chi connectivity index (χ3v) is 4.15. The van der Waals surface area contributed by atoms with Crippen LogP contribution in [0.3, 0.4) is 0 Å². The largest absolute Gasteiger partial charge is 0.497 e. The number of nitrogens with one attached hydrogen (secondary N) is 2. The number of amides is 1. The standard InChI is InChI=1S/C17H16BrN3O3/c1-9-19-14-5-4-10(6-15(14)20-9)21-17(22)12-7-11(23-2)8-13(18)16(12)24-3/h4-8H,1-3H3,(H,19,20)(H,21,22). The molecule has 0 spiro atoms. The van der Waals surface area contributed by atoms with Crippen molar-refractivity contribution in [2.45, 2.75) is 6.92 Å². The number of hydrogen-bond donors (Lipinski definition) is 2. The Bertz CT molecular complexity index is 921. The first kappa shape index (κ1) is 16.3. The van der Waals surface area contributed by atoms with Crippen molar-refractivity contribution in [1.82, 2.24) is 9.97 Å². The Balaban J connectivity index is 1.94. The molecule has 0 aliphatic heterocycles. The van der Waals surface area contributed by atoms with E-state index in [4.69, 9.17) is 9.47 Å². The first-order valence-corrected chi connectivity index (χ1v) is 8.00. The van der Waals surface area contributed by atoms with Crippen molar-refractivity contribution in [3.05, 3.63) is 46.2 Å². The van der Waals surface area contributed by atoms with Gasteiger partial charge >= 0.3 is 0 Å². The molecule has 2 N–H and O–H groups in total. The molecule has 0 aliphatic carbocycles. The summed E-state index contributed by atoms with van der Waals surface area (Å²) in [6, 6.07) is 8.89. The van der Waals surface area contributed by atoms with Gasteiger partial charge in [0.15, 0.2) is 0 Å². The van der Waals surface area contributed by atoms with Crippen LogP contribution in [0.1, 0.15) is 16.2 Å². The molecular weight excluding hydrogens is 374 g/mol. The minimum atomic E-state index is -0.290. The summed E-state index contributed by atoms with van der Waals surface area (Å²) in [4.78, 5) is 20.2. The normalized spacial score (nSPS) is 10.7. The predicted molar refractivity (Wildman–Crippen MR) is 96.0 cm³/mol. The van der Waals surface area contributed by atoms with Crippen molar-refractivity contribution in [2.24, 2.45) is 0 Å². The Kier molecular flexibility index (Phi) is 4.44. The Hall–Kier alpha value is -2.54. The molecule has 7 heteroatoms. The number of aromatic nitrogens is 2. The van der Waals surface area contributed by atoms with Gasteiger partial charge in [-0.15, -0.1) is 0 Å². The number of carbonyl (C=O) groups is 1. The summed E-state index contributed by atoms with van der Waals surface area (Å²) in [7, 11) is 3.06. The third-order valence-electron chi connectivity index (χ3n) is 3.56. The second-order valence-electron chi connectivity index (χ2n) is 5.20. The fourth-order valence-corrected chi connectivity index (χ4v) is 3.08. The highest BCUT2D eigenvalue weighted by Gasteiger charge is 2.17. The molecule has 124 valence electrons. The van der Waals surface area contributed by atoms with Crippen LogP contribution >= 0.6 is 15.9 Å². The first-order valence-electron chi connectivity index (χ1n) is 7.21. The zero-order valence-corrected chi connectivity index (χ0v) is 15.0. The summed E-state index contributed by atoms with van der Waals surface area (Å²) in [6.45, 7) is 1.89. The molecule has 0 radical (unpaired) electrons. The molecule has 24 heavy (non-hydrogen) atoms. The summed E-state index contributed by atoms with van der Waals surface area (Å²) in [5.41, 5.74) is 2.76. The van der Waals surface area contributed by atoms with Crippen molar-refractivity contribution < 1.29 is 14.3 Å². The Morgan fingerprint density at radius 3 is 2.71 bits per heavy atom. The number of halogens is 1. The number of hydrogen-bond acceptors (Lipinski definition) is 4. The molecule has 0 aliphatic rings. The number of benzene rings is 2. The number of aromatic amines is 1. The zero-order chi connectivity index (χ0) is 17.3. The number of fused-ring (bicyclic) bond motifs is 1. The van der Waals surface area contributed by atoms with Crippen molar-refractivity contribution in [1.29, 1.82) is 0 Å². The lowest BCUT2D eigenvalue weighted by molar-refractivity contribution is 0.102. The number of aryl methyl sites for hydroxylation is 1. The fourth-order valence-electron chi connectivity index (χ4n) is 2.48. The molecule has 0 bridgehead atoms. The maximum absolute atomic E-state index is 12.7. The summed E-state index contributed by atoms with van der Waals surface area (Å²) in [5, 5.41) is 2.87. The van der Waals surface area contributed by atoms with Gasteiger partial charge in [-0.25, -0.2) is 4.98 Å². The molecule has 0 fully saturated rings. The molecule has 0 saturated carbocycles. The number of carbonyl (C=O) groups excluding carboxylic acids is 1. The van der Waals surface area contributed by atoms with Gasteiger partial charge in [-0.1, -0.05) is 0 Å². The summed E-state index contributed by atoms with van der Waals surface area (Å²) < 4.78 is 11.2. The molecule has 1 heterocycles. The van der Waals surface area contributed by atoms with Crippen LogP contribution < -0.4 is 14.8 Å². The first-order chi connectivity index (χ1) is 11.5. The number of imidazole rings is 1. The Morgan fingerprint density at radius 2 is 2.00 bits per heavy atom. The lowest BCUT2D eigenvalue weighted by atomic mass is 10.1. The zero-order valence-electron chi connectivity index (χ0n) is 13.4. The number of methoxy groups -OCH3 is 2. The van der Waals surface area contributed by atoms with Crippen LogP contribution in [-0.4, -0.2) is 30.1 Å². The van der Waals surface area contributed by atoms with Gasteiger partial charge in [0.25, 0.3) is 5.91 Å². The molecule has 3 aromatic rings. The van der Waals surface area contributed by atoms with E-state index in [9.17, 15) is 4.79 Å². The topological polar surface area (TPSA) is 76.2 Å². The van der Waals surface area contributed by atoms with Crippen molar-refractivity contribution in [3.63, 3.8) is 0 Å². The van der Waals surface area contributed by atoms with Crippen LogP contribution in [0.5, 0.6) is 11.5 Å². The number of H-pyrrole nitrogens is 1. The molecule has 1 amide bonds. The number of anilines is 1. The van der Waals surface area contributed by atoms with E-state index in [-0.39, 0.29) is 5.91 Å². The van der Waals surface area contributed by atoms with Crippen LogP contribution in [0.4, 0.5) is 5.69 Å². The van der Waals surface area contributed by atoms with Gasteiger partial charge < -0.3 is 19.8 Å². The quantitative estimate of drug-likeness (QED) is 0.709. The fraction of sp³-hybridized carbons (Fsp3) is 0.176.